The molecule has 1 aromatic rings. The van der Waals surface area contributed by atoms with Crippen LogP contribution >= 0.6 is 0 Å². The fourth-order valence-corrected chi connectivity index (χ4v) is 1.42. The zero-order valence-electron chi connectivity index (χ0n) is 6.78. The van der Waals surface area contributed by atoms with Gasteiger partial charge in [0.1, 0.15) is 5.82 Å². The molecule has 1 heterocycles. The quantitative estimate of drug-likeness (QED) is 0.638. The van der Waals surface area contributed by atoms with Gasteiger partial charge in [0.25, 0.3) is 0 Å². The van der Waals surface area contributed by atoms with Crippen molar-refractivity contribution in [1.82, 2.24) is 14.8 Å². The molecule has 0 amide bonds. The van der Waals surface area contributed by atoms with Gasteiger partial charge in [-0.15, -0.1) is 5.10 Å². The Labute approximate surface area is 65.4 Å². The molecule has 1 saturated carbocycles. The first-order chi connectivity index (χ1) is 5.18. The van der Waals surface area contributed by atoms with Gasteiger partial charge in [0.05, 0.1) is 0 Å². The lowest BCUT2D eigenvalue weighted by Gasteiger charge is -1.93. The minimum absolute atomic E-state index is 0.390. The van der Waals surface area contributed by atoms with E-state index < -0.39 is 0 Å². The summed E-state index contributed by atoms with van der Waals surface area (Å²) < 4.78 is 1.78. The minimum atomic E-state index is 0.390. The van der Waals surface area contributed by atoms with Crippen LogP contribution in [0.1, 0.15) is 25.1 Å². The molecule has 0 saturated heterocycles. The predicted octanol–water partition coefficient (Wildman–Crippen LogP) is 0.521. The Balaban J connectivity index is 2.30. The second-order valence-electron chi connectivity index (χ2n) is 3.27. The van der Waals surface area contributed by atoms with Crippen LogP contribution in [0.4, 0.5) is 5.95 Å². The Morgan fingerprint density at radius 1 is 1.64 bits per heavy atom. The maximum atomic E-state index is 5.45. The molecule has 0 aromatic carbocycles. The maximum Gasteiger partial charge on any atom is 0.239 e. The highest BCUT2D eigenvalue weighted by Gasteiger charge is 2.37. The van der Waals surface area contributed by atoms with Crippen molar-refractivity contribution in [3.8, 4) is 0 Å². The van der Waals surface area contributed by atoms with E-state index in [1.807, 2.05) is 7.05 Å². The van der Waals surface area contributed by atoms with E-state index in [0.29, 0.717) is 11.9 Å². The van der Waals surface area contributed by atoms with E-state index >= 15 is 0 Å². The topological polar surface area (TPSA) is 56.7 Å². The fourth-order valence-electron chi connectivity index (χ4n) is 1.42. The van der Waals surface area contributed by atoms with Gasteiger partial charge < -0.3 is 5.73 Å². The molecule has 4 heteroatoms. The lowest BCUT2D eigenvalue weighted by atomic mass is 10.3. The summed E-state index contributed by atoms with van der Waals surface area (Å²) in [6, 6.07) is 0. The van der Waals surface area contributed by atoms with Crippen molar-refractivity contribution in [3.63, 3.8) is 0 Å². The van der Waals surface area contributed by atoms with Gasteiger partial charge in [-0.3, -0.25) is 4.68 Å². The zero-order valence-corrected chi connectivity index (χ0v) is 6.78. The number of nitrogens with two attached hydrogens (primary N) is 1. The summed E-state index contributed by atoms with van der Waals surface area (Å²) >= 11 is 0. The summed E-state index contributed by atoms with van der Waals surface area (Å²) in [5.41, 5.74) is 5.45. The van der Waals surface area contributed by atoms with Crippen molar-refractivity contribution < 1.29 is 0 Å². The van der Waals surface area contributed by atoms with E-state index in [-0.39, 0.29) is 0 Å². The van der Waals surface area contributed by atoms with Crippen molar-refractivity contribution in [2.24, 2.45) is 13.0 Å². The molecule has 2 N–H and O–H groups in total. The summed E-state index contributed by atoms with van der Waals surface area (Å²) in [5, 5.41) is 3.99. The molecule has 1 fully saturated rings. The molecule has 0 spiro atoms. The van der Waals surface area contributed by atoms with Crippen molar-refractivity contribution >= 4 is 5.95 Å². The highest BCUT2D eigenvalue weighted by atomic mass is 15.4. The maximum absolute atomic E-state index is 5.45. The lowest BCUT2D eigenvalue weighted by Crippen LogP contribution is -1.97. The van der Waals surface area contributed by atoms with E-state index in [2.05, 4.69) is 17.0 Å². The third kappa shape index (κ3) is 0.982. The van der Waals surface area contributed by atoms with Crippen molar-refractivity contribution in [2.75, 3.05) is 5.73 Å². The molecular formula is C7H12N4. The summed E-state index contributed by atoms with van der Waals surface area (Å²) in [6.07, 6.45) is 1.23. The van der Waals surface area contributed by atoms with E-state index in [1.165, 1.54) is 6.42 Å². The highest BCUT2D eigenvalue weighted by molar-refractivity contribution is 5.19. The van der Waals surface area contributed by atoms with Crippen LogP contribution < -0.4 is 5.73 Å². The van der Waals surface area contributed by atoms with Gasteiger partial charge in [0.2, 0.25) is 5.95 Å². The molecule has 1 aliphatic rings. The van der Waals surface area contributed by atoms with Crippen LogP contribution in [0.3, 0.4) is 0 Å². The summed E-state index contributed by atoms with van der Waals surface area (Å²) in [7, 11) is 1.89. The molecule has 0 bridgehead atoms. The van der Waals surface area contributed by atoms with E-state index in [1.54, 1.807) is 4.68 Å². The Bertz CT molecular complexity index is 278. The first kappa shape index (κ1) is 6.64. The van der Waals surface area contributed by atoms with Crippen molar-refractivity contribution in [3.05, 3.63) is 5.82 Å². The zero-order chi connectivity index (χ0) is 8.01. The smallest absolute Gasteiger partial charge is 0.239 e. The van der Waals surface area contributed by atoms with E-state index in [9.17, 15) is 0 Å². The SMILES string of the molecule is CC1CC1c1nc(N)nn1C. The second-order valence-corrected chi connectivity index (χ2v) is 3.27. The summed E-state index contributed by atoms with van der Waals surface area (Å²) in [5.74, 6) is 2.79. The summed E-state index contributed by atoms with van der Waals surface area (Å²) in [4.78, 5) is 4.15. The molecule has 1 aliphatic carbocycles. The van der Waals surface area contributed by atoms with Gasteiger partial charge in [-0.1, -0.05) is 6.92 Å². The number of anilines is 1. The molecule has 2 rings (SSSR count). The molecule has 0 aliphatic heterocycles. The molecule has 2 unspecified atom stereocenters. The fraction of sp³-hybridized carbons (Fsp3) is 0.714. The van der Waals surface area contributed by atoms with Crippen LogP contribution in [0.5, 0.6) is 0 Å². The van der Waals surface area contributed by atoms with E-state index in [0.717, 1.165) is 11.7 Å². The Kier molecular flexibility index (Phi) is 1.19. The first-order valence-corrected chi connectivity index (χ1v) is 3.85. The molecule has 4 nitrogen and oxygen atoms in total. The number of hydrogen-bond acceptors (Lipinski definition) is 3. The number of aromatic nitrogens is 3. The van der Waals surface area contributed by atoms with Crippen LogP contribution in [0, 0.1) is 5.92 Å². The van der Waals surface area contributed by atoms with Gasteiger partial charge in [-0.05, 0) is 12.3 Å². The third-order valence-electron chi connectivity index (χ3n) is 2.25. The van der Waals surface area contributed by atoms with Gasteiger partial charge in [0, 0.05) is 13.0 Å². The number of hydrogen-bond donors (Lipinski definition) is 1. The predicted molar refractivity (Wildman–Crippen MR) is 41.9 cm³/mol. The van der Waals surface area contributed by atoms with E-state index in [4.69, 9.17) is 5.73 Å². The first-order valence-electron chi connectivity index (χ1n) is 3.85. The Hall–Kier alpha value is -1.06. The van der Waals surface area contributed by atoms with Crippen LogP contribution in [0.15, 0.2) is 0 Å². The normalized spacial score (nSPS) is 28.9. The second kappa shape index (κ2) is 1.96. The lowest BCUT2D eigenvalue weighted by molar-refractivity contribution is 0.690. The van der Waals surface area contributed by atoms with Crippen LogP contribution in [-0.2, 0) is 7.05 Å². The van der Waals surface area contributed by atoms with Crippen LogP contribution in [0.25, 0.3) is 0 Å². The largest absolute Gasteiger partial charge is 0.366 e. The number of aryl methyl sites for hydroxylation is 1. The van der Waals surface area contributed by atoms with Crippen molar-refractivity contribution in [1.29, 1.82) is 0 Å². The minimum Gasteiger partial charge on any atom is -0.366 e. The molecule has 11 heavy (non-hydrogen) atoms. The number of nitrogen functional groups attached to an aromatic ring is 1. The molecule has 60 valence electrons. The van der Waals surface area contributed by atoms with Crippen molar-refractivity contribution in [2.45, 2.75) is 19.3 Å². The Morgan fingerprint density at radius 3 is 2.64 bits per heavy atom. The van der Waals surface area contributed by atoms with Gasteiger partial charge >= 0.3 is 0 Å². The van der Waals surface area contributed by atoms with Crippen LogP contribution in [0.2, 0.25) is 0 Å². The molecular weight excluding hydrogens is 140 g/mol. The standard InChI is InChI=1S/C7H12N4/c1-4-3-5(4)6-9-7(8)10-11(6)2/h4-5H,3H2,1-2H3,(H2,8,10). The third-order valence-corrected chi connectivity index (χ3v) is 2.25. The highest BCUT2D eigenvalue weighted by Crippen LogP contribution is 2.45. The molecule has 2 atom stereocenters. The number of nitrogens with zero attached hydrogens (tertiary/aromatic N) is 3. The van der Waals surface area contributed by atoms with Gasteiger partial charge in [-0.2, -0.15) is 4.98 Å². The average Bonchev–Trinajstić information content (AvgIpc) is 2.52. The molecule has 1 aromatic heterocycles. The number of rotatable bonds is 1. The monoisotopic (exact) mass is 152 g/mol. The molecule has 0 radical (unpaired) electrons. The van der Waals surface area contributed by atoms with Gasteiger partial charge in [-0.25, -0.2) is 0 Å². The Morgan fingerprint density at radius 2 is 2.27 bits per heavy atom. The van der Waals surface area contributed by atoms with Gasteiger partial charge in [0.15, 0.2) is 0 Å². The average molecular weight is 152 g/mol. The van der Waals surface area contributed by atoms with Crippen LogP contribution in [-0.4, -0.2) is 14.8 Å². The summed E-state index contributed by atoms with van der Waals surface area (Å²) in [6.45, 7) is 2.22.